The van der Waals surface area contributed by atoms with Crippen LogP contribution in [0.15, 0.2) is 309 Å². The smallest absolute Gasteiger partial charge is 0.0632 e. The second kappa shape index (κ2) is 35.9. The molecule has 0 aliphatic rings. The van der Waals surface area contributed by atoms with Crippen LogP contribution in [0, 0.1) is 6.92 Å². The van der Waals surface area contributed by atoms with Crippen LogP contribution in [0.1, 0.15) is 301 Å². The number of hydrogen-bond donors (Lipinski definition) is 0. The quantitative estimate of drug-likeness (QED) is 0.137. The first kappa shape index (κ1) is 93.4. The molecular formula is C135H153N3. The van der Waals surface area contributed by atoms with Crippen LogP contribution in [0.4, 0.5) is 0 Å². The maximum Gasteiger partial charge on any atom is 0.0632 e. The highest BCUT2D eigenvalue weighted by Gasteiger charge is 2.36. The summed E-state index contributed by atoms with van der Waals surface area (Å²) in [5.74, 6) is 0. The highest BCUT2D eigenvalue weighted by Crippen LogP contribution is 2.54. The van der Waals surface area contributed by atoms with E-state index in [1.807, 2.05) is 12.1 Å². The number of fused-ring (bicyclic) bond motifs is 9. The standard InChI is InChI=1S/C50H61N.C43H47N.C42H45N/c1-46(2,3)34-26-32(27-35(30-34)47(4,5)6)39-22-19-23-41-43(39)44-42(51(41)38-20-17-16-18-21-38)25-24-40(45(44)50(13,14)15)33-28-36(48(7,8)9)31-37(29-33)49(10,11)12;1-28-16-14-17-29(24-28)35-22-23-37-39(40(35)43(8,9)10)38-34(20-15-21-36(38)44(37)33-18-12-11-13-19-33)30-25-31(41(2,3)4)27-32(26-30)42(5,6)7;1-40(2,3)30-25-29(26-31(27-30)41(4,5)6)33-21-16-22-35-37(33)38-36(43(35)32-19-14-11-15-20-32)24-23-34(39(38)42(7,8)9)28-17-12-10-13-18-28/h16-31H,1-15H3;11-27H,1-10H3;10-27H,1-9H3/i;14D,16D,17D,24D;. The van der Waals surface area contributed by atoms with Crippen LogP contribution in [-0.2, 0) is 59.6 Å². The average molecular weight is 1820 g/mol. The Morgan fingerprint density at radius 2 is 0.399 bits per heavy atom. The SMILES string of the molecule is CC(C)(C)c1cc(-c2ccc3c(c2C(C)(C)C)c2c(-c4cc(C(C)(C)C)cc(C(C)(C)C)c4)cccc2n3-c2ccccc2)cc(C(C)(C)C)c1.CC(C)(C)c1cc(-c2cccc3c2c2c(C(C)(C)C)c(-c4ccccc4)ccc2n3-c2ccccc2)cc(C(C)(C)C)c1.[2H]c1c([2H])c(C)c([2H])c(-c2ccc3c(c2C(C)(C)C)c2c(-c4cc(C(C)(C)C)cc(C(C)(C)C)c4)cccc2n3-c2ccccc2)c1[2H]. The van der Waals surface area contributed by atoms with Crippen molar-refractivity contribution in [2.45, 2.75) is 295 Å². The lowest BCUT2D eigenvalue weighted by Crippen LogP contribution is -2.17. The van der Waals surface area contributed by atoms with E-state index >= 15 is 0 Å². The molecule has 0 N–H and O–H groups in total. The van der Waals surface area contributed by atoms with Crippen LogP contribution in [0.25, 0.3) is 149 Å². The molecule has 18 rings (SSSR count). The van der Waals surface area contributed by atoms with Crippen molar-refractivity contribution in [1.29, 1.82) is 0 Å². The van der Waals surface area contributed by atoms with Gasteiger partial charge in [-0.25, -0.2) is 0 Å². The number of benzene rings is 15. The number of hydrogen-bond acceptors (Lipinski definition) is 0. The minimum absolute atomic E-state index is 0.0223. The summed E-state index contributed by atoms with van der Waals surface area (Å²) < 4.78 is 42.5. The van der Waals surface area contributed by atoms with Crippen LogP contribution in [0.3, 0.4) is 0 Å². The Bertz CT molecular complexity index is 7720. The van der Waals surface area contributed by atoms with Crippen molar-refractivity contribution in [3.8, 4) is 83.8 Å². The van der Waals surface area contributed by atoms with E-state index in [1.54, 1.807) is 6.92 Å². The van der Waals surface area contributed by atoms with Crippen LogP contribution < -0.4 is 0 Å². The van der Waals surface area contributed by atoms with E-state index in [9.17, 15) is 0 Å². The normalized spacial score (nSPS) is 13.4. The van der Waals surface area contributed by atoms with Gasteiger partial charge in [0.15, 0.2) is 0 Å². The van der Waals surface area contributed by atoms with Gasteiger partial charge in [0.05, 0.1) is 38.6 Å². The van der Waals surface area contributed by atoms with Crippen LogP contribution >= 0.6 is 0 Å². The molecule has 0 fully saturated rings. The average Bonchev–Trinajstić information content (AvgIpc) is 1.55. The summed E-state index contributed by atoms with van der Waals surface area (Å²) in [7, 11) is 0. The molecule has 0 bridgehead atoms. The van der Waals surface area contributed by atoms with E-state index in [1.165, 1.54) is 161 Å². The molecule has 0 saturated heterocycles. The van der Waals surface area contributed by atoms with Crippen molar-refractivity contribution in [3.63, 3.8) is 0 Å². The molecule has 0 amide bonds. The van der Waals surface area contributed by atoms with Gasteiger partial charge in [0.1, 0.15) is 0 Å². The van der Waals surface area contributed by atoms with E-state index in [-0.39, 0.29) is 78.3 Å². The minimum atomic E-state index is -0.393. The Morgan fingerprint density at radius 1 is 0.181 bits per heavy atom. The summed E-state index contributed by atoms with van der Waals surface area (Å²) >= 11 is 0. The first-order valence-corrected chi connectivity index (χ1v) is 50.3. The third kappa shape index (κ3) is 19.5. The molecule has 0 spiro atoms. The molecule has 3 heteroatoms. The maximum atomic E-state index is 9.14. The van der Waals surface area contributed by atoms with Crippen LogP contribution in [-0.4, -0.2) is 13.7 Å². The van der Waals surface area contributed by atoms with Crippen molar-refractivity contribution < 1.29 is 5.48 Å². The summed E-state index contributed by atoms with van der Waals surface area (Å²) in [6, 6.07) is 106. The van der Waals surface area contributed by atoms with E-state index in [2.05, 4.69) is 515 Å². The Balaban J connectivity index is 0.000000154. The van der Waals surface area contributed by atoms with Gasteiger partial charge in [-0.15, -0.1) is 0 Å². The fraction of sp³-hybridized carbons (Fsp3) is 0.333. The van der Waals surface area contributed by atoms with E-state index in [0.29, 0.717) is 11.1 Å². The molecule has 18 aromatic rings. The lowest BCUT2D eigenvalue weighted by Gasteiger charge is -2.29. The summed E-state index contributed by atoms with van der Waals surface area (Å²) in [5.41, 5.74) is 39.0. The monoisotopic (exact) mass is 1820 g/mol. The van der Waals surface area contributed by atoms with Gasteiger partial charge in [0, 0.05) is 49.4 Å². The van der Waals surface area contributed by atoms with E-state index in [4.69, 9.17) is 5.48 Å². The number of para-hydroxylation sites is 3. The van der Waals surface area contributed by atoms with Crippen molar-refractivity contribution >= 4 is 65.4 Å². The van der Waals surface area contributed by atoms with Crippen molar-refractivity contribution in [3.05, 3.63) is 376 Å². The third-order valence-corrected chi connectivity index (χ3v) is 28.2. The van der Waals surface area contributed by atoms with Gasteiger partial charge in [-0.2, -0.15) is 0 Å². The fourth-order valence-electron chi connectivity index (χ4n) is 20.6. The molecule has 0 saturated carbocycles. The predicted octanol–water partition coefficient (Wildman–Crippen LogP) is 38.9. The van der Waals surface area contributed by atoms with Gasteiger partial charge in [-0.05, 0) is 267 Å². The summed E-state index contributed by atoms with van der Waals surface area (Å²) in [4.78, 5) is 0. The first-order valence-electron chi connectivity index (χ1n) is 52.3. The summed E-state index contributed by atoms with van der Waals surface area (Å²) in [6.07, 6.45) is 0. The largest absolute Gasteiger partial charge is 0.309 e. The molecule has 0 unspecified atom stereocenters. The molecule has 138 heavy (non-hydrogen) atoms. The Labute approximate surface area is 833 Å². The van der Waals surface area contributed by atoms with Gasteiger partial charge in [-0.3, -0.25) is 0 Å². The van der Waals surface area contributed by atoms with E-state index in [0.717, 1.165) is 44.2 Å². The van der Waals surface area contributed by atoms with Gasteiger partial charge in [0.2, 0.25) is 0 Å². The molecule has 3 nitrogen and oxygen atoms in total. The number of nitrogens with zero attached hydrogens (tertiary/aromatic N) is 3. The lowest BCUT2D eigenvalue weighted by atomic mass is 9.75. The van der Waals surface area contributed by atoms with Gasteiger partial charge < -0.3 is 13.7 Å². The molecule has 3 heterocycles. The Hall–Kier alpha value is -12.3. The van der Waals surface area contributed by atoms with Crippen molar-refractivity contribution in [2.75, 3.05) is 0 Å². The van der Waals surface area contributed by atoms with Crippen LogP contribution in [0.2, 0.25) is 0 Å². The van der Waals surface area contributed by atoms with Crippen molar-refractivity contribution in [2.24, 2.45) is 0 Å². The van der Waals surface area contributed by atoms with Crippen LogP contribution in [0.5, 0.6) is 0 Å². The molecule has 0 aliphatic carbocycles. The second-order valence-corrected chi connectivity index (χ2v) is 50.6. The number of rotatable bonds is 9. The zero-order valence-electron chi connectivity index (χ0n) is 93.5. The highest BCUT2D eigenvalue weighted by molar-refractivity contribution is 6.22. The fourth-order valence-corrected chi connectivity index (χ4v) is 20.6. The summed E-state index contributed by atoms with van der Waals surface area (Å²) in [5, 5.41) is 7.58. The topological polar surface area (TPSA) is 14.8 Å². The first-order chi connectivity index (χ1) is 66.0. The Kier molecular flexibility index (Phi) is 24.3. The third-order valence-electron chi connectivity index (χ3n) is 28.2. The van der Waals surface area contributed by atoms with Gasteiger partial charge >= 0.3 is 0 Å². The summed E-state index contributed by atoms with van der Waals surface area (Å²) in [6.45, 7) is 78.2. The maximum absolute atomic E-state index is 9.14. The molecule has 0 atom stereocenters. The molecule has 0 radical (unpaired) electrons. The molecule has 0 aliphatic heterocycles. The van der Waals surface area contributed by atoms with Gasteiger partial charge in [-0.1, -0.05) is 471 Å². The molecule has 3 aromatic heterocycles. The zero-order chi connectivity index (χ0) is 103. The van der Waals surface area contributed by atoms with E-state index < -0.39 is 5.41 Å². The molecule has 708 valence electrons. The molecule has 15 aromatic carbocycles. The lowest BCUT2D eigenvalue weighted by molar-refractivity contribution is 0.568. The van der Waals surface area contributed by atoms with Crippen molar-refractivity contribution in [1.82, 2.24) is 13.7 Å². The second-order valence-electron chi connectivity index (χ2n) is 50.6. The molecular weight excluding hydrogens is 1660 g/mol. The number of aromatic nitrogens is 3. The Morgan fingerprint density at radius 3 is 0.638 bits per heavy atom. The highest BCUT2D eigenvalue weighted by atomic mass is 15.0. The minimum Gasteiger partial charge on any atom is -0.309 e. The van der Waals surface area contributed by atoms with Gasteiger partial charge in [0.25, 0.3) is 0 Å². The zero-order valence-corrected chi connectivity index (χ0v) is 89.5. The predicted molar refractivity (Wildman–Crippen MR) is 605 cm³/mol.